The van der Waals surface area contributed by atoms with Gasteiger partial charge in [-0.05, 0) is 96.0 Å². The van der Waals surface area contributed by atoms with E-state index in [4.69, 9.17) is 23.0 Å². The Kier molecular flexibility index (Phi) is 10.1. The van der Waals surface area contributed by atoms with Crippen LogP contribution in [0.15, 0.2) is 96.3 Å². The van der Waals surface area contributed by atoms with Crippen molar-refractivity contribution in [2.75, 3.05) is 13.7 Å². The van der Waals surface area contributed by atoms with E-state index in [9.17, 15) is 24.9 Å². The minimum absolute atomic E-state index is 0.00458. The average Bonchev–Trinajstić information content (AvgIpc) is 3.04. The van der Waals surface area contributed by atoms with Gasteiger partial charge in [-0.15, -0.1) is 0 Å². The Hall–Kier alpha value is -5.90. The molecule has 6 rings (SSSR count). The van der Waals surface area contributed by atoms with Crippen molar-refractivity contribution in [3.63, 3.8) is 0 Å². The molecule has 3 heterocycles. The Balaban J connectivity index is 0.000000228. The van der Waals surface area contributed by atoms with E-state index in [1.807, 2.05) is 59.8 Å². The van der Waals surface area contributed by atoms with Crippen molar-refractivity contribution in [2.24, 2.45) is 0 Å². The Morgan fingerprint density at radius 1 is 0.900 bits per heavy atom. The van der Waals surface area contributed by atoms with E-state index in [2.05, 4.69) is 6.08 Å². The van der Waals surface area contributed by atoms with Crippen LogP contribution in [0.3, 0.4) is 0 Å². The van der Waals surface area contributed by atoms with E-state index in [1.54, 1.807) is 18.2 Å². The summed E-state index contributed by atoms with van der Waals surface area (Å²) in [6.45, 7) is 12.2. The summed E-state index contributed by atoms with van der Waals surface area (Å²) in [5, 5.41) is 31.6. The van der Waals surface area contributed by atoms with Crippen LogP contribution >= 0.6 is 0 Å². The van der Waals surface area contributed by atoms with Gasteiger partial charge in [0.15, 0.2) is 17.1 Å². The van der Waals surface area contributed by atoms with Gasteiger partial charge in [-0.2, -0.15) is 0 Å². The Bertz CT molecular complexity index is 2280. The minimum Gasteiger partial charge on any atom is -0.508 e. The maximum absolute atomic E-state index is 12.9. The third kappa shape index (κ3) is 7.54. The molecular weight excluding hydrogens is 640 g/mol. The first-order chi connectivity index (χ1) is 23.7. The summed E-state index contributed by atoms with van der Waals surface area (Å²) in [5.41, 5.74) is 2.95. The van der Waals surface area contributed by atoms with E-state index in [0.29, 0.717) is 57.8 Å². The highest BCUT2D eigenvalue weighted by molar-refractivity contribution is 6.02. The summed E-state index contributed by atoms with van der Waals surface area (Å²) in [4.78, 5) is 24.1. The number of benzene rings is 3. The zero-order valence-electron chi connectivity index (χ0n) is 29.0. The SMILES string of the molecule is CC(C)=CCOc1cc2oc(=O)ccc2cc1O.COc1c(CC=C(C)C)c2c(c3oc(=O)c(-c4ccc(O)cc4)c(O)c13)C=CC(C)(C)O2. The van der Waals surface area contributed by atoms with E-state index < -0.39 is 16.9 Å². The first kappa shape index (κ1) is 35.4. The van der Waals surface area contributed by atoms with E-state index in [0.717, 1.165) is 16.7 Å². The van der Waals surface area contributed by atoms with Crippen molar-refractivity contribution in [1.29, 1.82) is 0 Å². The van der Waals surface area contributed by atoms with Gasteiger partial charge in [-0.25, -0.2) is 9.59 Å². The lowest BCUT2D eigenvalue weighted by Crippen LogP contribution is -2.28. The molecule has 0 radical (unpaired) electrons. The molecule has 2 aromatic heterocycles. The molecule has 50 heavy (non-hydrogen) atoms. The number of phenolic OH excluding ortho intramolecular Hbond substituents is 2. The summed E-state index contributed by atoms with van der Waals surface area (Å²) < 4.78 is 28.2. The second kappa shape index (κ2) is 14.3. The predicted molar refractivity (Wildman–Crippen MR) is 194 cm³/mol. The van der Waals surface area contributed by atoms with Gasteiger partial charge in [0.1, 0.15) is 51.7 Å². The Morgan fingerprint density at radius 2 is 1.60 bits per heavy atom. The van der Waals surface area contributed by atoms with E-state index >= 15 is 0 Å². The average molecular weight is 681 g/mol. The lowest BCUT2D eigenvalue weighted by Gasteiger charge is -2.31. The standard InChI is InChI=1S/C26H26O6.C14H14O4/c1-14(2)6-11-17-22-18(12-13-26(3,4)32-22)24-20(23(17)30-5)21(28)19(25(29)31-24)15-7-9-16(27)10-8-15;1-9(2)5-6-17-13-8-12-10(7-11(13)15)3-4-14(16)18-12/h6-10,12-13,27-28H,11H2,1-5H3;3-5,7-8,15H,6H2,1-2H3. The largest absolute Gasteiger partial charge is 0.508 e. The molecule has 0 saturated carbocycles. The van der Waals surface area contributed by atoms with Gasteiger partial charge in [0.2, 0.25) is 0 Å². The molecule has 0 spiro atoms. The highest BCUT2D eigenvalue weighted by atomic mass is 16.5. The zero-order chi connectivity index (χ0) is 36.3. The quantitative estimate of drug-likeness (QED) is 0.113. The van der Waals surface area contributed by atoms with Crippen molar-refractivity contribution in [3.05, 3.63) is 110 Å². The first-order valence-corrected chi connectivity index (χ1v) is 16.0. The van der Waals surface area contributed by atoms with Crippen molar-refractivity contribution in [3.8, 4) is 45.6 Å². The summed E-state index contributed by atoms with van der Waals surface area (Å²) >= 11 is 0. The van der Waals surface area contributed by atoms with E-state index in [1.165, 1.54) is 37.4 Å². The molecule has 3 N–H and O–H groups in total. The molecule has 260 valence electrons. The number of allylic oxidation sites excluding steroid dienone is 3. The summed E-state index contributed by atoms with van der Waals surface area (Å²) in [6.07, 6.45) is 8.20. The van der Waals surface area contributed by atoms with Gasteiger partial charge < -0.3 is 38.4 Å². The molecule has 0 amide bonds. The highest BCUT2D eigenvalue weighted by Gasteiger charge is 2.32. The molecule has 0 bridgehead atoms. The fourth-order valence-corrected chi connectivity index (χ4v) is 5.39. The van der Waals surface area contributed by atoms with Crippen molar-refractivity contribution < 1.29 is 38.4 Å². The van der Waals surface area contributed by atoms with Crippen LogP contribution < -0.4 is 25.5 Å². The van der Waals surface area contributed by atoms with E-state index in [-0.39, 0.29) is 28.4 Å². The number of hydrogen-bond donors (Lipinski definition) is 3. The third-order valence-electron chi connectivity index (χ3n) is 7.89. The minimum atomic E-state index is -0.694. The van der Waals surface area contributed by atoms with Gasteiger partial charge in [0.25, 0.3) is 0 Å². The molecule has 0 aliphatic carbocycles. The second-order valence-corrected chi connectivity index (χ2v) is 12.8. The van der Waals surface area contributed by atoms with Crippen LogP contribution in [0.4, 0.5) is 0 Å². The van der Waals surface area contributed by atoms with Gasteiger partial charge >= 0.3 is 11.3 Å². The molecule has 1 aliphatic rings. The predicted octanol–water partition coefficient (Wildman–Crippen LogP) is 8.42. The fraction of sp³-hybridized carbons (Fsp3) is 0.250. The third-order valence-corrected chi connectivity index (χ3v) is 7.89. The Morgan fingerprint density at radius 3 is 2.26 bits per heavy atom. The number of hydrogen-bond acceptors (Lipinski definition) is 10. The number of methoxy groups -OCH3 is 1. The first-order valence-electron chi connectivity index (χ1n) is 16.0. The van der Waals surface area contributed by atoms with Crippen molar-refractivity contribution in [1.82, 2.24) is 0 Å². The lowest BCUT2D eigenvalue weighted by molar-refractivity contribution is 0.157. The van der Waals surface area contributed by atoms with Gasteiger partial charge in [0, 0.05) is 23.1 Å². The highest BCUT2D eigenvalue weighted by Crippen LogP contribution is 2.49. The fourth-order valence-electron chi connectivity index (χ4n) is 5.39. The molecular formula is C40H40O10. The smallest absolute Gasteiger partial charge is 0.348 e. The Labute approximate surface area is 288 Å². The van der Waals surface area contributed by atoms with Crippen LogP contribution in [-0.2, 0) is 6.42 Å². The second-order valence-electron chi connectivity index (χ2n) is 12.8. The van der Waals surface area contributed by atoms with Crippen LogP contribution in [0.1, 0.15) is 52.7 Å². The number of phenols is 2. The summed E-state index contributed by atoms with van der Waals surface area (Å²) in [7, 11) is 1.52. The van der Waals surface area contributed by atoms with Crippen LogP contribution in [0.5, 0.6) is 34.5 Å². The monoisotopic (exact) mass is 680 g/mol. The number of ether oxygens (including phenoxy) is 3. The van der Waals surface area contributed by atoms with Gasteiger partial charge in [-0.1, -0.05) is 29.4 Å². The lowest BCUT2D eigenvalue weighted by atomic mass is 9.93. The molecule has 0 saturated heterocycles. The maximum Gasteiger partial charge on any atom is 0.348 e. The number of aromatic hydroxyl groups is 3. The van der Waals surface area contributed by atoms with Crippen LogP contribution in [0, 0.1) is 0 Å². The molecule has 5 aromatic rings. The van der Waals surface area contributed by atoms with Crippen LogP contribution in [0.2, 0.25) is 0 Å². The molecule has 0 atom stereocenters. The molecule has 0 fully saturated rings. The van der Waals surface area contributed by atoms with Crippen LogP contribution in [-0.4, -0.2) is 34.6 Å². The molecule has 3 aromatic carbocycles. The van der Waals surface area contributed by atoms with Gasteiger partial charge in [0.05, 0.1) is 12.7 Å². The maximum atomic E-state index is 12.9. The van der Waals surface area contributed by atoms with Crippen LogP contribution in [0.25, 0.3) is 39.1 Å². The molecule has 0 unspecified atom stereocenters. The molecule has 1 aliphatic heterocycles. The zero-order valence-corrected chi connectivity index (χ0v) is 29.0. The topological polar surface area (TPSA) is 149 Å². The van der Waals surface area contributed by atoms with Crippen molar-refractivity contribution >= 4 is 28.0 Å². The number of rotatable bonds is 7. The number of fused-ring (bicyclic) bond motifs is 4. The van der Waals surface area contributed by atoms with Crippen molar-refractivity contribution in [2.45, 2.75) is 53.6 Å². The molecule has 10 nitrogen and oxygen atoms in total. The van der Waals surface area contributed by atoms with Gasteiger partial charge in [-0.3, -0.25) is 0 Å². The summed E-state index contributed by atoms with van der Waals surface area (Å²) in [6, 6.07) is 11.9. The molecule has 10 heteroatoms. The summed E-state index contributed by atoms with van der Waals surface area (Å²) in [5.74, 6) is 1.10. The normalized spacial score (nSPS) is 12.7.